The van der Waals surface area contributed by atoms with Gasteiger partial charge in [-0.15, -0.1) is 0 Å². The van der Waals surface area contributed by atoms with Crippen molar-refractivity contribution >= 4 is 22.4 Å². The molecule has 28 heavy (non-hydrogen) atoms. The molecule has 0 aromatic heterocycles. The number of carbonyl (C=O) groups is 1. The van der Waals surface area contributed by atoms with Crippen LogP contribution in [0, 0.1) is 0 Å². The molecule has 0 radical (unpaired) electrons. The average Bonchev–Trinajstić information content (AvgIpc) is 2.75. The second-order valence-electron chi connectivity index (χ2n) is 6.60. The Balaban J connectivity index is 1.46. The number of hydrogen-bond donors (Lipinski definition) is 1. The van der Waals surface area contributed by atoms with E-state index in [0.29, 0.717) is 17.9 Å². The summed E-state index contributed by atoms with van der Waals surface area (Å²) in [7, 11) is 0. The maximum absolute atomic E-state index is 12.8. The monoisotopic (exact) mass is 367 g/mol. The second-order valence-corrected chi connectivity index (χ2v) is 6.60. The number of para-hydroxylation sites is 1. The number of benzene rings is 4. The first kappa shape index (κ1) is 17.8. The lowest BCUT2D eigenvalue weighted by atomic mass is 10.1. The third kappa shape index (κ3) is 4.21. The number of rotatable bonds is 6. The molecule has 138 valence electrons. The molecule has 0 atom stereocenters. The van der Waals surface area contributed by atoms with Gasteiger partial charge in [0.15, 0.2) is 0 Å². The van der Waals surface area contributed by atoms with Gasteiger partial charge in [-0.25, -0.2) is 0 Å². The van der Waals surface area contributed by atoms with Crippen LogP contribution in [0.1, 0.15) is 15.9 Å². The first-order valence-electron chi connectivity index (χ1n) is 9.35. The molecule has 0 aliphatic rings. The van der Waals surface area contributed by atoms with Crippen LogP contribution >= 0.6 is 0 Å². The zero-order valence-electron chi connectivity index (χ0n) is 15.5. The molecule has 0 saturated heterocycles. The summed E-state index contributed by atoms with van der Waals surface area (Å²) < 4.78 is 5.91. The summed E-state index contributed by atoms with van der Waals surface area (Å²) in [5, 5.41) is 5.21. The predicted molar refractivity (Wildman–Crippen MR) is 114 cm³/mol. The van der Waals surface area contributed by atoms with Gasteiger partial charge >= 0.3 is 0 Å². The fourth-order valence-corrected chi connectivity index (χ4v) is 3.17. The van der Waals surface area contributed by atoms with Crippen molar-refractivity contribution in [2.45, 2.75) is 6.42 Å². The number of amides is 1. The summed E-state index contributed by atoms with van der Waals surface area (Å²) in [4.78, 5) is 12.8. The number of anilines is 1. The standard InChI is InChI=1S/C25H21NO2/c27-25(26-22-15-14-20-10-4-5-11-21(20)18-22)23-12-6-7-13-24(23)28-17-16-19-8-2-1-3-9-19/h1-15,18H,16-17H2,(H,26,27). The maximum atomic E-state index is 12.8. The topological polar surface area (TPSA) is 38.3 Å². The highest BCUT2D eigenvalue weighted by Gasteiger charge is 2.12. The lowest BCUT2D eigenvalue weighted by molar-refractivity contribution is 0.102. The zero-order chi connectivity index (χ0) is 19.2. The highest BCUT2D eigenvalue weighted by Crippen LogP contribution is 2.22. The van der Waals surface area contributed by atoms with Crippen LogP contribution in [0.25, 0.3) is 10.8 Å². The van der Waals surface area contributed by atoms with Gasteiger partial charge in [-0.05, 0) is 40.6 Å². The lowest BCUT2D eigenvalue weighted by Crippen LogP contribution is -2.14. The third-order valence-corrected chi connectivity index (χ3v) is 4.63. The molecule has 0 aliphatic carbocycles. The number of nitrogens with one attached hydrogen (secondary N) is 1. The van der Waals surface area contributed by atoms with Gasteiger partial charge < -0.3 is 10.1 Å². The van der Waals surface area contributed by atoms with Crippen LogP contribution in [0.2, 0.25) is 0 Å². The molecular formula is C25H21NO2. The van der Waals surface area contributed by atoms with Gasteiger partial charge in [0.2, 0.25) is 0 Å². The molecule has 1 N–H and O–H groups in total. The van der Waals surface area contributed by atoms with Crippen LogP contribution in [0.3, 0.4) is 0 Å². The molecule has 3 heteroatoms. The van der Waals surface area contributed by atoms with Crippen LogP contribution in [0.15, 0.2) is 97.1 Å². The molecule has 0 aliphatic heterocycles. The fraction of sp³-hybridized carbons (Fsp3) is 0.0800. The molecule has 3 nitrogen and oxygen atoms in total. The summed E-state index contributed by atoms with van der Waals surface area (Å²) in [6, 6.07) is 31.5. The van der Waals surface area contributed by atoms with Crippen molar-refractivity contribution in [3.05, 3.63) is 108 Å². The Morgan fingerprint density at radius 3 is 2.32 bits per heavy atom. The van der Waals surface area contributed by atoms with Crippen molar-refractivity contribution in [3.63, 3.8) is 0 Å². The van der Waals surface area contributed by atoms with Crippen molar-refractivity contribution in [2.75, 3.05) is 11.9 Å². The highest BCUT2D eigenvalue weighted by molar-refractivity contribution is 6.07. The smallest absolute Gasteiger partial charge is 0.259 e. The van der Waals surface area contributed by atoms with Gasteiger partial charge in [0.1, 0.15) is 5.75 Å². The van der Waals surface area contributed by atoms with E-state index < -0.39 is 0 Å². The van der Waals surface area contributed by atoms with Crippen molar-refractivity contribution in [1.82, 2.24) is 0 Å². The van der Waals surface area contributed by atoms with E-state index >= 15 is 0 Å². The van der Waals surface area contributed by atoms with Crippen LogP contribution < -0.4 is 10.1 Å². The van der Waals surface area contributed by atoms with Gasteiger partial charge in [-0.3, -0.25) is 4.79 Å². The number of hydrogen-bond acceptors (Lipinski definition) is 2. The van der Waals surface area contributed by atoms with E-state index in [1.54, 1.807) is 6.07 Å². The molecule has 0 unspecified atom stereocenters. The third-order valence-electron chi connectivity index (χ3n) is 4.63. The molecule has 4 aromatic carbocycles. The Bertz CT molecular complexity index is 1090. The van der Waals surface area contributed by atoms with Crippen LogP contribution in [-0.2, 0) is 6.42 Å². The van der Waals surface area contributed by atoms with Gasteiger partial charge in [0.25, 0.3) is 5.91 Å². The zero-order valence-corrected chi connectivity index (χ0v) is 15.5. The van der Waals surface area contributed by atoms with E-state index in [1.165, 1.54) is 5.56 Å². The minimum atomic E-state index is -0.175. The Labute approximate surface area is 164 Å². The van der Waals surface area contributed by atoms with Gasteiger partial charge in [-0.1, -0.05) is 72.8 Å². The molecule has 0 saturated carbocycles. The van der Waals surface area contributed by atoms with E-state index in [0.717, 1.165) is 22.9 Å². The maximum Gasteiger partial charge on any atom is 0.259 e. The number of ether oxygens (including phenoxy) is 1. The average molecular weight is 367 g/mol. The molecule has 0 spiro atoms. The predicted octanol–water partition coefficient (Wildman–Crippen LogP) is 5.71. The molecule has 4 rings (SSSR count). The largest absolute Gasteiger partial charge is 0.492 e. The van der Waals surface area contributed by atoms with E-state index in [2.05, 4.69) is 23.5 Å². The van der Waals surface area contributed by atoms with Gasteiger partial charge in [-0.2, -0.15) is 0 Å². The number of fused-ring (bicyclic) bond motifs is 1. The first-order valence-corrected chi connectivity index (χ1v) is 9.35. The molecular weight excluding hydrogens is 346 g/mol. The van der Waals surface area contributed by atoms with E-state index in [-0.39, 0.29) is 5.91 Å². The Hall–Kier alpha value is -3.59. The minimum Gasteiger partial charge on any atom is -0.492 e. The molecule has 0 heterocycles. The molecule has 0 fully saturated rings. The van der Waals surface area contributed by atoms with E-state index in [1.807, 2.05) is 72.8 Å². The molecule has 4 aromatic rings. The first-order chi connectivity index (χ1) is 13.8. The second kappa shape index (κ2) is 8.40. The quantitative estimate of drug-likeness (QED) is 0.474. The Morgan fingerprint density at radius 1 is 0.750 bits per heavy atom. The van der Waals surface area contributed by atoms with Crippen LogP contribution in [0.5, 0.6) is 5.75 Å². The van der Waals surface area contributed by atoms with Gasteiger partial charge in [0.05, 0.1) is 12.2 Å². The lowest BCUT2D eigenvalue weighted by Gasteiger charge is -2.12. The summed E-state index contributed by atoms with van der Waals surface area (Å²) in [6.45, 7) is 0.518. The molecule has 1 amide bonds. The Morgan fingerprint density at radius 2 is 1.46 bits per heavy atom. The van der Waals surface area contributed by atoms with Crippen molar-refractivity contribution in [3.8, 4) is 5.75 Å². The Kier molecular flexibility index (Phi) is 5.34. The van der Waals surface area contributed by atoms with E-state index in [9.17, 15) is 4.79 Å². The van der Waals surface area contributed by atoms with Gasteiger partial charge in [0, 0.05) is 12.1 Å². The summed E-state index contributed by atoms with van der Waals surface area (Å²) in [5.74, 6) is 0.419. The number of carbonyl (C=O) groups excluding carboxylic acids is 1. The summed E-state index contributed by atoms with van der Waals surface area (Å²) in [5.41, 5.74) is 2.51. The van der Waals surface area contributed by atoms with Crippen LogP contribution in [-0.4, -0.2) is 12.5 Å². The van der Waals surface area contributed by atoms with Crippen LogP contribution in [0.4, 0.5) is 5.69 Å². The van der Waals surface area contributed by atoms with E-state index in [4.69, 9.17) is 4.74 Å². The fourth-order valence-electron chi connectivity index (χ4n) is 3.17. The summed E-state index contributed by atoms with van der Waals surface area (Å²) >= 11 is 0. The highest BCUT2D eigenvalue weighted by atomic mass is 16.5. The summed E-state index contributed by atoms with van der Waals surface area (Å²) in [6.07, 6.45) is 0.793. The SMILES string of the molecule is O=C(Nc1ccc2ccccc2c1)c1ccccc1OCCc1ccccc1. The van der Waals surface area contributed by atoms with Crippen molar-refractivity contribution < 1.29 is 9.53 Å². The normalized spacial score (nSPS) is 10.6. The van der Waals surface area contributed by atoms with Crippen molar-refractivity contribution in [2.24, 2.45) is 0 Å². The molecule has 0 bridgehead atoms. The van der Waals surface area contributed by atoms with Crippen molar-refractivity contribution in [1.29, 1.82) is 0 Å². The minimum absolute atomic E-state index is 0.175.